The molecule has 0 fully saturated rings. The van der Waals surface area contributed by atoms with Gasteiger partial charge in [0.05, 0.1) is 0 Å². The lowest BCUT2D eigenvalue weighted by molar-refractivity contribution is 0.0702. The van der Waals surface area contributed by atoms with Crippen molar-refractivity contribution in [2.75, 3.05) is 0 Å². The second kappa shape index (κ2) is 4.84. The van der Waals surface area contributed by atoms with E-state index < -0.39 is 5.97 Å². The molecule has 0 amide bonds. The van der Waals surface area contributed by atoms with Crippen LogP contribution in [0.5, 0.6) is 0 Å². The van der Waals surface area contributed by atoms with Gasteiger partial charge in [0.2, 0.25) is 0 Å². The van der Waals surface area contributed by atoms with E-state index >= 15 is 0 Å². The Hall–Kier alpha value is -0.910. The number of aromatic carboxylic acids is 1. The number of rotatable bonds is 1. The maximum Gasteiger partial charge on any atom is 0.345 e. The molecule has 4 nitrogen and oxygen atoms in total. The van der Waals surface area contributed by atoms with Gasteiger partial charge in [0.25, 0.3) is 0 Å². The molecular weight excluding hydrogens is 164 g/mol. The zero-order chi connectivity index (χ0) is 8.85. The third kappa shape index (κ3) is 3.13. The molecule has 62 valence electrons. The summed E-state index contributed by atoms with van der Waals surface area (Å²) in [5.74, 6) is 7.16. The van der Waals surface area contributed by atoms with Crippen molar-refractivity contribution in [3.8, 4) is 0 Å². The van der Waals surface area contributed by atoms with E-state index in [9.17, 15) is 4.79 Å². The fraction of sp³-hybridized carbons (Fsp3) is 0.167. The van der Waals surface area contributed by atoms with Gasteiger partial charge in [0.15, 0.2) is 0 Å². The minimum atomic E-state index is -0.840. The summed E-state index contributed by atoms with van der Waals surface area (Å²) in [6.07, 6.45) is 0. The van der Waals surface area contributed by atoms with Crippen LogP contribution in [0, 0.1) is 6.92 Å². The number of hydrazine groups is 1. The minimum absolute atomic E-state index is 0.410. The highest BCUT2D eigenvalue weighted by molar-refractivity contribution is 7.13. The highest BCUT2D eigenvalue weighted by atomic mass is 32.1. The van der Waals surface area contributed by atoms with Crippen LogP contribution in [0.15, 0.2) is 12.1 Å². The summed E-state index contributed by atoms with van der Waals surface area (Å²) in [7, 11) is 0. The molecule has 0 saturated carbocycles. The summed E-state index contributed by atoms with van der Waals surface area (Å²) in [5, 5.41) is 8.41. The lowest BCUT2D eigenvalue weighted by atomic mass is 10.4. The molecule has 5 heteroatoms. The molecule has 0 unspecified atom stereocenters. The van der Waals surface area contributed by atoms with Gasteiger partial charge in [0.1, 0.15) is 4.88 Å². The molecule has 0 radical (unpaired) electrons. The average Bonchev–Trinajstić information content (AvgIpc) is 2.40. The number of carbonyl (C=O) groups is 1. The molecule has 1 aromatic rings. The van der Waals surface area contributed by atoms with E-state index in [2.05, 4.69) is 11.7 Å². The summed E-state index contributed by atoms with van der Waals surface area (Å²) in [6, 6.07) is 3.41. The fourth-order valence-electron chi connectivity index (χ4n) is 0.549. The number of carboxylic acids is 1. The lowest BCUT2D eigenvalue weighted by Crippen LogP contribution is -2.02. The smallest absolute Gasteiger partial charge is 0.345 e. The molecule has 1 rings (SSSR count). The summed E-state index contributed by atoms with van der Waals surface area (Å²) in [5.41, 5.74) is 0. The number of hydrogen-bond donors (Lipinski definition) is 3. The van der Waals surface area contributed by atoms with E-state index in [1.807, 2.05) is 6.92 Å². The van der Waals surface area contributed by atoms with Gasteiger partial charge in [-0.05, 0) is 19.1 Å². The van der Waals surface area contributed by atoms with Crippen LogP contribution in [0.4, 0.5) is 0 Å². The molecule has 0 spiro atoms. The molecule has 0 aromatic carbocycles. The van der Waals surface area contributed by atoms with E-state index in [1.165, 1.54) is 11.3 Å². The molecule has 0 saturated heterocycles. The van der Waals surface area contributed by atoms with Crippen LogP contribution in [-0.4, -0.2) is 11.1 Å². The molecule has 1 aromatic heterocycles. The second-order valence-corrected chi connectivity index (χ2v) is 3.00. The first-order chi connectivity index (χ1) is 5.20. The summed E-state index contributed by atoms with van der Waals surface area (Å²) >= 11 is 1.30. The number of hydrogen-bond acceptors (Lipinski definition) is 4. The Kier molecular flexibility index (Phi) is 4.44. The van der Waals surface area contributed by atoms with Crippen molar-refractivity contribution in [3.05, 3.63) is 21.9 Å². The topological polar surface area (TPSA) is 89.3 Å². The highest BCUT2D eigenvalue weighted by Gasteiger charge is 2.02. The highest BCUT2D eigenvalue weighted by Crippen LogP contribution is 2.13. The van der Waals surface area contributed by atoms with Crippen LogP contribution >= 0.6 is 11.3 Å². The molecule has 0 aliphatic rings. The predicted molar refractivity (Wildman–Crippen MR) is 44.4 cm³/mol. The lowest BCUT2D eigenvalue weighted by Gasteiger charge is -1.80. The van der Waals surface area contributed by atoms with E-state index in [1.54, 1.807) is 12.1 Å². The van der Waals surface area contributed by atoms with Gasteiger partial charge >= 0.3 is 5.97 Å². The molecule has 0 aliphatic carbocycles. The Morgan fingerprint density at radius 2 is 2.09 bits per heavy atom. The van der Waals surface area contributed by atoms with Gasteiger partial charge < -0.3 is 5.11 Å². The van der Waals surface area contributed by atoms with Crippen molar-refractivity contribution < 1.29 is 9.90 Å². The average molecular weight is 174 g/mol. The molecule has 11 heavy (non-hydrogen) atoms. The van der Waals surface area contributed by atoms with Gasteiger partial charge in [-0.15, -0.1) is 11.3 Å². The number of nitrogens with two attached hydrogens (primary N) is 2. The van der Waals surface area contributed by atoms with Crippen molar-refractivity contribution in [3.63, 3.8) is 0 Å². The van der Waals surface area contributed by atoms with Crippen LogP contribution in [-0.2, 0) is 0 Å². The Morgan fingerprint density at radius 3 is 2.27 bits per heavy atom. The number of aryl methyl sites for hydroxylation is 1. The van der Waals surface area contributed by atoms with Gasteiger partial charge in [-0.2, -0.15) is 0 Å². The SMILES string of the molecule is Cc1ccc(C(=O)O)s1.NN. The standard InChI is InChI=1S/C6H6O2S.H4N2/c1-4-2-3-5(9-4)6(7)8;1-2/h2-3H,1H3,(H,7,8);1-2H2. The molecule has 5 N–H and O–H groups in total. The normalized spacial score (nSPS) is 8.27. The largest absolute Gasteiger partial charge is 0.477 e. The fourth-order valence-corrected chi connectivity index (χ4v) is 1.26. The maximum absolute atomic E-state index is 10.2. The van der Waals surface area contributed by atoms with Crippen molar-refractivity contribution >= 4 is 17.3 Å². The van der Waals surface area contributed by atoms with Crippen molar-refractivity contribution in [2.24, 2.45) is 11.7 Å². The summed E-state index contributed by atoms with van der Waals surface area (Å²) < 4.78 is 0. The zero-order valence-corrected chi connectivity index (χ0v) is 6.89. The Bertz CT molecular complexity index is 234. The third-order valence-corrected chi connectivity index (χ3v) is 1.94. The molecule has 1 heterocycles. The number of carboxylic acid groups (broad SMARTS) is 1. The first-order valence-electron chi connectivity index (χ1n) is 2.83. The molecule has 0 atom stereocenters. The van der Waals surface area contributed by atoms with Crippen LogP contribution in [0.2, 0.25) is 0 Å². The first kappa shape index (κ1) is 10.1. The van der Waals surface area contributed by atoms with Crippen LogP contribution in [0.1, 0.15) is 14.5 Å². The van der Waals surface area contributed by atoms with E-state index in [4.69, 9.17) is 5.11 Å². The molecule has 0 bridgehead atoms. The molecule has 0 aliphatic heterocycles. The van der Waals surface area contributed by atoms with Crippen LogP contribution in [0.25, 0.3) is 0 Å². The monoisotopic (exact) mass is 174 g/mol. The Morgan fingerprint density at radius 1 is 1.55 bits per heavy atom. The van der Waals surface area contributed by atoms with E-state index in [-0.39, 0.29) is 0 Å². The van der Waals surface area contributed by atoms with Gasteiger partial charge in [-0.1, -0.05) is 0 Å². The maximum atomic E-state index is 10.2. The van der Waals surface area contributed by atoms with Crippen molar-refractivity contribution in [1.82, 2.24) is 0 Å². The zero-order valence-electron chi connectivity index (χ0n) is 6.07. The van der Waals surface area contributed by atoms with Gasteiger partial charge in [0, 0.05) is 4.88 Å². The summed E-state index contributed by atoms with van der Waals surface area (Å²) in [4.78, 5) is 11.7. The first-order valence-corrected chi connectivity index (χ1v) is 3.65. The van der Waals surface area contributed by atoms with Crippen molar-refractivity contribution in [2.45, 2.75) is 6.92 Å². The molecular formula is C6H10N2O2S. The predicted octanol–water partition coefficient (Wildman–Crippen LogP) is 0.574. The van der Waals surface area contributed by atoms with Gasteiger partial charge in [-0.25, -0.2) is 4.79 Å². The van der Waals surface area contributed by atoms with Crippen LogP contribution < -0.4 is 11.7 Å². The van der Waals surface area contributed by atoms with Crippen molar-refractivity contribution in [1.29, 1.82) is 0 Å². The van der Waals surface area contributed by atoms with Crippen LogP contribution in [0.3, 0.4) is 0 Å². The Balaban J connectivity index is 0.000000461. The quantitative estimate of drug-likeness (QED) is 0.429. The van der Waals surface area contributed by atoms with E-state index in [0.717, 1.165) is 4.88 Å². The van der Waals surface area contributed by atoms with E-state index in [0.29, 0.717) is 4.88 Å². The second-order valence-electron chi connectivity index (χ2n) is 1.72. The Labute approximate surface area is 68.4 Å². The third-order valence-electron chi connectivity index (χ3n) is 0.951. The summed E-state index contributed by atoms with van der Waals surface area (Å²) in [6.45, 7) is 1.89. The van der Waals surface area contributed by atoms with Gasteiger partial charge in [-0.3, -0.25) is 11.7 Å². The minimum Gasteiger partial charge on any atom is -0.477 e. The number of thiophene rings is 1.